The number of rotatable bonds is 10. The van der Waals surface area contributed by atoms with Crippen LogP contribution in [0, 0.1) is 32.1 Å². The van der Waals surface area contributed by atoms with Gasteiger partial charge in [-0.1, -0.05) is 0 Å². The first kappa shape index (κ1) is 38.5. The van der Waals surface area contributed by atoms with Crippen molar-refractivity contribution in [3.8, 4) is 11.5 Å². The standard InChI is InChI=1S/2C14H15F5N2O3/c2*15-13(16,14(17,18)19)11-2-1-10(21(22)23)7-12(11)24-8-9-3-5-20-6-4-9/h2*1-2,7,9,20H,3-6,8H2. The topological polar surface area (TPSA) is 129 Å². The molecule has 0 amide bonds. The number of alkyl halides is 10. The Kier molecular flexibility index (Phi) is 12.5. The normalized spacial score (nSPS) is 16.9. The molecule has 0 radical (unpaired) electrons. The lowest BCUT2D eigenvalue weighted by atomic mass is 9.99. The van der Waals surface area contributed by atoms with E-state index in [-0.39, 0.29) is 25.0 Å². The second kappa shape index (κ2) is 15.5. The molecule has 10 nitrogen and oxygen atoms in total. The number of nitrogens with zero attached hydrogens (tertiary/aromatic N) is 2. The van der Waals surface area contributed by atoms with Crippen LogP contribution in [0.3, 0.4) is 0 Å². The first-order valence-electron chi connectivity index (χ1n) is 14.4. The molecule has 2 aliphatic heterocycles. The summed E-state index contributed by atoms with van der Waals surface area (Å²) in [6, 6.07) is 3.21. The molecule has 2 aliphatic rings. The molecule has 2 aromatic carbocycles. The lowest BCUT2D eigenvalue weighted by Gasteiger charge is -2.25. The minimum Gasteiger partial charge on any atom is -0.493 e. The van der Waals surface area contributed by atoms with Crippen LogP contribution in [-0.2, 0) is 11.8 Å². The van der Waals surface area contributed by atoms with E-state index in [0.717, 1.165) is 0 Å². The van der Waals surface area contributed by atoms with Crippen molar-refractivity contribution in [2.75, 3.05) is 39.4 Å². The van der Waals surface area contributed by atoms with Crippen molar-refractivity contribution in [2.24, 2.45) is 11.8 Å². The molecule has 0 saturated carbocycles. The van der Waals surface area contributed by atoms with E-state index >= 15 is 0 Å². The van der Waals surface area contributed by atoms with Gasteiger partial charge in [-0.2, -0.15) is 43.9 Å². The molecule has 2 heterocycles. The maximum absolute atomic E-state index is 13.6. The Hall–Kier alpha value is -3.94. The van der Waals surface area contributed by atoms with E-state index in [0.29, 0.717) is 88.3 Å². The molecule has 268 valence electrons. The van der Waals surface area contributed by atoms with Gasteiger partial charge in [0.25, 0.3) is 11.4 Å². The minimum absolute atomic E-state index is 0.0159. The number of non-ortho nitro benzene ring substituents is 2. The van der Waals surface area contributed by atoms with Crippen LogP contribution in [0.4, 0.5) is 55.3 Å². The van der Waals surface area contributed by atoms with Crippen LogP contribution in [0.2, 0.25) is 0 Å². The monoisotopic (exact) mass is 708 g/mol. The number of halogens is 10. The van der Waals surface area contributed by atoms with Gasteiger partial charge in [0.15, 0.2) is 0 Å². The van der Waals surface area contributed by atoms with Gasteiger partial charge in [-0.05, 0) is 75.8 Å². The fraction of sp³-hybridized carbons (Fsp3) is 0.571. The number of hydrogen-bond donors (Lipinski definition) is 2. The summed E-state index contributed by atoms with van der Waals surface area (Å²) < 4.78 is 140. The number of benzene rings is 2. The zero-order chi connectivity index (χ0) is 35.9. The largest absolute Gasteiger partial charge is 0.493 e. The number of piperidine rings is 2. The van der Waals surface area contributed by atoms with Crippen molar-refractivity contribution in [1.82, 2.24) is 10.6 Å². The minimum atomic E-state index is -5.82. The maximum atomic E-state index is 13.6. The molecule has 48 heavy (non-hydrogen) atoms. The highest BCUT2D eigenvalue weighted by Gasteiger charge is 2.61. The quantitative estimate of drug-likeness (QED) is 0.150. The zero-order valence-corrected chi connectivity index (χ0v) is 24.8. The van der Waals surface area contributed by atoms with Crippen LogP contribution in [0.5, 0.6) is 11.5 Å². The smallest absolute Gasteiger partial charge is 0.458 e. The fourth-order valence-corrected chi connectivity index (χ4v) is 4.82. The van der Waals surface area contributed by atoms with Crippen LogP contribution >= 0.6 is 0 Å². The first-order valence-corrected chi connectivity index (χ1v) is 14.4. The fourth-order valence-electron chi connectivity index (χ4n) is 4.82. The van der Waals surface area contributed by atoms with Gasteiger partial charge in [-0.15, -0.1) is 0 Å². The molecule has 0 spiro atoms. The van der Waals surface area contributed by atoms with Gasteiger partial charge < -0.3 is 20.1 Å². The van der Waals surface area contributed by atoms with Crippen LogP contribution in [-0.4, -0.2) is 61.6 Å². The lowest BCUT2D eigenvalue weighted by molar-refractivity contribution is -0.385. The predicted octanol–water partition coefficient (Wildman–Crippen LogP) is 7.25. The number of nitrogens with one attached hydrogen (secondary N) is 2. The third-order valence-corrected chi connectivity index (χ3v) is 7.61. The highest BCUT2D eigenvalue weighted by Crippen LogP contribution is 2.49. The predicted molar refractivity (Wildman–Crippen MR) is 148 cm³/mol. The Labute approximate surface area is 266 Å². The van der Waals surface area contributed by atoms with E-state index < -0.39 is 68.0 Å². The van der Waals surface area contributed by atoms with Gasteiger partial charge >= 0.3 is 24.2 Å². The molecular formula is C28H30F10N4O6. The van der Waals surface area contributed by atoms with Crippen LogP contribution in [0.25, 0.3) is 0 Å². The third-order valence-electron chi connectivity index (χ3n) is 7.61. The summed E-state index contributed by atoms with van der Waals surface area (Å²) in [5.74, 6) is -12.0. The van der Waals surface area contributed by atoms with Gasteiger partial charge in [0, 0.05) is 12.1 Å². The van der Waals surface area contributed by atoms with Crippen molar-refractivity contribution in [2.45, 2.75) is 49.9 Å². The second-order valence-electron chi connectivity index (χ2n) is 11.0. The number of nitro benzene ring substituents is 2. The van der Waals surface area contributed by atoms with Crippen molar-refractivity contribution < 1.29 is 63.2 Å². The molecule has 2 N–H and O–H groups in total. The molecule has 0 aliphatic carbocycles. The van der Waals surface area contributed by atoms with E-state index in [1.165, 1.54) is 0 Å². The Bertz CT molecular complexity index is 1310. The summed E-state index contributed by atoms with van der Waals surface area (Å²) in [4.78, 5) is 19.7. The van der Waals surface area contributed by atoms with Crippen molar-refractivity contribution in [3.63, 3.8) is 0 Å². The van der Waals surface area contributed by atoms with Crippen LogP contribution in [0.15, 0.2) is 36.4 Å². The molecule has 0 atom stereocenters. The van der Waals surface area contributed by atoms with Gasteiger partial charge in [-0.25, -0.2) is 0 Å². The number of nitro groups is 2. The third kappa shape index (κ3) is 9.57. The van der Waals surface area contributed by atoms with Crippen molar-refractivity contribution >= 4 is 11.4 Å². The average molecular weight is 709 g/mol. The summed E-state index contributed by atoms with van der Waals surface area (Å²) in [6.07, 6.45) is -8.92. The molecule has 0 unspecified atom stereocenters. The molecule has 20 heteroatoms. The average Bonchev–Trinajstić information content (AvgIpc) is 3.02. The second-order valence-corrected chi connectivity index (χ2v) is 11.0. The molecule has 2 saturated heterocycles. The van der Waals surface area contributed by atoms with Crippen molar-refractivity contribution in [1.29, 1.82) is 0 Å². The maximum Gasteiger partial charge on any atom is 0.458 e. The zero-order valence-electron chi connectivity index (χ0n) is 24.8. The number of ether oxygens (including phenoxy) is 2. The van der Waals surface area contributed by atoms with Crippen molar-refractivity contribution in [3.05, 3.63) is 67.8 Å². The first-order chi connectivity index (χ1) is 22.3. The Morgan fingerprint density at radius 3 is 1.19 bits per heavy atom. The Morgan fingerprint density at radius 2 is 0.917 bits per heavy atom. The van der Waals surface area contributed by atoms with Gasteiger partial charge in [0.1, 0.15) is 11.5 Å². The van der Waals surface area contributed by atoms with E-state index in [9.17, 15) is 64.1 Å². The van der Waals surface area contributed by atoms with E-state index in [1.807, 2.05) is 0 Å². The lowest BCUT2D eigenvalue weighted by Crippen LogP contribution is -2.34. The van der Waals surface area contributed by atoms with Gasteiger partial charge in [0.05, 0.1) is 46.3 Å². The highest BCUT2D eigenvalue weighted by atomic mass is 19.4. The van der Waals surface area contributed by atoms with Gasteiger partial charge in [0.2, 0.25) is 0 Å². The summed E-state index contributed by atoms with van der Waals surface area (Å²) in [6.45, 7) is 2.60. The molecule has 4 rings (SSSR count). The Morgan fingerprint density at radius 1 is 0.604 bits per heavy atom. The SMILES string of the molecule is O=[N+]([O-])c1ccc(C(F)(F)C(F)(F)F)c(OCC2CCNCC2)c1.O=[N+]([O-])c1ccc(C(F)(F)C(F)(F)F)c(OCC2CCNCC2)c1. The van der Waals surface area contributed by atoms with E-state index in [2.05, 4.69) is 10.6 Å². The van der Waals surface area contributed by atoms with Crippen LogP contribution < -0.4 is 20.1 Å². The molecule has 0 bridgehead atoms. The Balaban J connectivity index is 0.000000260. The number of hydrogen-bond acceptors (Lipinski definition) is 8. The molecule has 2 fully saturated rings. The summed E-state index contributed by atoms with van der Waals surface area (Å²) in [5, 5.41) is 27.7. The van der Waals surface area contributed by atoms with Crippen LogP contribution in [0.1, 0.15) is 36.8 Å². The molecule has 2 aromatic rings. The summed E-state index contributed by atoms with van der Waals surface area (Å²) in [7, 11) is 0. The summed E-state index contributed by atoms with van der Waals surface area (Å²) >= 11 is 0. The molecule has 0 aromatic heterocycles. The van der Waals surface area contributed by atoms with Gasteiger partial charge in [-0.3, -0.25) is 20.2 Å². The molecular weight excluding hydrogens is 678 g/mol. The van der Waals surface area contributed by atoms with E-state index in [1.54, 1.807) is 0 Å². The summed E-state index contributed by atoms with van der Waals surface area (Å²) in [5.41, 5.74) is -4.07. The highest BCUT2D eigenvalue weighted by molar-refractivity contribution is 5.48. The van der Waals surface area contributed by atoms with E-state index in [4.69, 9.17) is 9.47 Å².